The second kappa shape index (κ2) is 6.18. The van der Waals surface area contributed by atoms with E-state index in [1.165, 1.54) is 0 Å². The minimum atomic E-state index is -4.56. The van der Waals surface area contributed by atoms with E-state index in [1.807, 2.05) is 0 Å². The molecule has 3 N–H and O–H groups in total. The summed E-state index contributed by atoms with van der Waals surface area (Å²) in [5.74, 6) is -0.931. The molecule has 0 bridgehead atoms. The molecule has 0 aromatic carbocycles. The smallest absolute Gasteiger partial charge is 0.352 e. The van der Waals surface area contributed by atoms with E-state index in [-0.39, 0.29) is 24.3 Å². The van der Waals surface area contributed by atoms with Crippen molar-refractivity contribution in [2.24, 2.45) is 5.14 Å². The van der Waals surface area contributed by atoms with Gasteiger partial charge in [-0.25, -0.2) is 13.6 Å². The number of halogens is 3. The number of primary sulfonamides is 1. The number of sulfonamides is 1. The lowest BCUT2D eigenvalue weighted by Crippen LogP contribution is -2.27. The zero-order valence-electron chi connectivity index (χ0n) is 10.1. The highest BCUT2D eigenvalue weighted by molar-refractivity contribution is 7.89. The largest absolute Gasteiger partial charge is 0.433 e. The van der Waals surface area contributed by atoms with Crippen LogP contribution in [0.15, 0.2) is 18.3 Å². The van der Waals surface area contributed by atoms with Crippen LogP contribution in [0.2, 0.25) is 0 Å². The monoisotopic (exact) mass is 311 g/mol. The summed E-state index contributed by atoms with van der Waals surface area (Å²) >= 11 is 0. The van der Waals surface area contributed by atoms with Crippen LogP contribution in [0, 0.1) is 0 Å². The van der Waals surface area contributed by atoms with Crippen molar-refractivity contribution in [2.45, 2.75) is 12.6 Å². The predicted octanol–water partition coefficient (Wildman–Crippen LogP) is 0.509. The summed E-state index contributed by atoms with van der Waals surface area (Å²) in [5.41, 5.74) is -1.14. The number of rotatable bonds is 5. The molecule has 20 heavy (non-hydrogen) atoms. The van der Waals surface area contributed by atoms with Gasteiger partial charge in [-0.1, -0.05) is 0 Å². The molecule has 1 aromatic rings. The van der Waals surface area contributed by atoms with Gasteiger partial charge in [-0.2, -0.15) is 13.2 Å². The molecular weight excluding hydrogens is 299 g/mol. The van der Waals surface area contributed by atoms with Crippen molar-refractivity contribution in [2.75, 3.05) is 12.3 Å². The van der Waals surface area contributed by atoms with E-state index in [2.05, 4.69) is 10.3 Å². The normalized spacial score (nSPS) is 12.2. The molecule has 0 radical (unpaired) electrons. The molecule has 0 saturated heterocycles. The Morgan fingerprint density at radius 2 is 2.00 bits per heavy atom. The minimum Gasteiger partial charge on any atom is -0.352 e. The summed E-state index contributed by atoms with van der Waals surface area (Å²) in [4.78, 5) is 14.7. The Morgan fingerprint density at radius 3 is 2.45 bits per heavy atom. The Balaban J connectivity index is 2.52. The molecular formula is C10H12F3N3O3S. The maximum atomic E-state index is 12.2. The van der Waals surface area contributed by atoms with Crippen LogP contribution >= 0.6 is 0 Å². The minimum absolute atomic E-state index is 0.0380. The molecule has 0 aliphatic heterocycles. The van der Waals surface area contributed by atoms with Gasteiger partial charge in [0.15, 0.2) is 0 Å². The first-order chi connectivity index (χ1) is 9.09. The quantitative estimate of drug-likeness (QED) is 0.773. The standard InChI is InChI=1S/C10H12F3N3O3S/c11-10(12,13)8-3-2-7(6-16-8)9(17)15-4-1-5-20(14,18)19/h2-3,6H,1,4-5H2,(H,15,17)(H2,14,18,19). The van der Waals surface area contributed by atoms with E-state index in [1.54, 1.807) is 0 Å². The van der Waals surface area contributed by atoms with E-state index >= 15 is 0 Å². The van der Waals surface area contributed by atoms with Crippen LogP contribution in [0.1, 0.15) is 22.5 Å². The first-order valence-corrected chi connectivity index (χ1v) is 7.13. The third kappa shape index (κ3) is 5.53. The van der Waals surface area contributed by atoms with Crippen molar-refractivity contribution in [3.63, 3.8) is 0 Å². The molecule has 10 heteroatoms. The van der Waals surface area contributed by atoms with Gasteiger partial charge in [-0.3, -0.25) is 9.78 Å². The fourth-order valence-electron chi connectivity index (χ4n) is 1.27. The van der Waals surface area contributed by atoms with E-state index in [4.69, 9.17) is 5.14 Å². The number of carbonyl (C=O) groups is 1. The predicted molar refractivity (Wildman–Crippen MR) is 64.2 cm³/mol. The molecule has 0 spiro atoms. The maximum absolute atomic E-state index is 12.2. The number of amides is 1. The highest BCUT2D eigenvalue weighted by atomic mass is 32.2. The Labute approximate surface area is 113 Å². The van der Waals surface area contributed by atoms with Gasteiger partial charge in [0.1, 0.15) is 5.69 Å². The number of nitrogens with two attached hydrogens (primary N) is 1. The number of nitrogens with one attached hydrogen (secondary N) is 1. The number of carbonyl (C=O) groups excluding carboxylic acids is 1. The summed E-state index contributed by atoms with van der Waals surface area (Å²) in [5, 5.41) is 7.11. The van der Waals surface area contributed by atoms with Crippen molar-refractivity contribution >= 4 is 15.9 Å². The first kappa shape index (κ1) is 16.4. The van der Waals surface area contributed by atoms with Gasteiger partial charge in [-0.05, 0) is 18.6 Å². The Kier molecular flexibility index (Phi) is 5.06. The summed E-state index contributed by atoms with van der Waals surface area (Å²) in [6, 6.07) is 1.68. The molecule has 0 fully saturated rings. The molecule has 0 atom stereocenters. The fraction of sp³-hybridized carbons (Fsp3) is 0.400. The SMILES string of the molecule is NS(=O)(=O)CCCNC(=O)c1ccc(C(F)(F)F)nc1. The van der Waals surface area contributed by atoms with Gasteiger partial charge >= 0.3 is 6.18 Å². The molecule has 1 aromatic heterocycles. The molecule has 1 amide bonds. The maximum Gasteiger partial charge on any atom is 0.433 e. The topological polar surface area (TPSA) is 102 Å². The molecule has 0 saturated carbocycles. The highest BCUT2D eigenvalue weighted by Gasteiger charge is 2.32. The van der Waals surface area contributed by atoms with E-state index in [0.717, 1.165) is 12.3 Å². The van der Waals surface area contributed by atoms with Gasteiger partial charge < -0.3 is 5.32 Å². The summed E-state index contributed by atoms with van der Waals surface area (Å²) in [7, 11) is -3.60. The average Bonchev–Trinajstić information content (AvgIpc) is 2.32. The van der Waals surface area contributed by atoms with Crippen LogP contribution in [0.5, 0.6) is 0 Å². The number of aromatic nitrogens is 1. The number of alkyl halides is 3. The Morgan fingerprint density at radius 1 is 1.35 bits per heavy atom. The third-order valence-corrected chi connectivity index (χ3v) is 3.07. The summed E-state index contributed by atoms with van der Waals surface area (Å²) in [6.45, 7) is 0.0380. The third-order valence-electron chi connectivity index (χ3n) is 2.21. The van der Waals surface area contributed by atoms with Gasteiger partial charge in [0.2, 0.25) is 10.0 Å². The summed E-state index contributed by atoms with van der Waals surface area (Å²) < 4.78 is 58.0. The van der Waals surface area contributed by atoms with Gasteiger partial charge in [0.25, 0.3) is 5.91 Å². The molecule has 0 aliphatic carbocycles. The number of hydrogen-bond acceptors (Lipinski definition) is 4. The molecule has 0 unspecified atom stereocenters. The number of nitrogens with zero attached hydrogens (tertiary/aromatic N) is 1. The van der Waals surface area contributed by atoms with Crippen LogP contribution in [-0.2, 0) is 16.2 Å². The van der Waals surface area contributed by atoms with Crippen molar-refractivity contribution in [1.82, 2.24) is 10.3 Å². The van der Waals surface area contributed by atoms with Gasteiger partial charge in [-0.15, -0.1) is 0 Å². The highest BCUT2D eigenvalue weighted by Crippen LogP contribution is 2.27. The number of pyridine rings is 1. The van der Waals surface area contributed by atoms with Crippen molar-refractivity contribution in [3.05, 3.63) is 29.6 Å². The lowest BCUT2D eigenvalue weighted by molar-refractivity contribution is -0.141. The van der Waals surface area contributed by atoms with Gasteiger partial charge in [0.05, 0.1) is 11.3 Å². The Bertz CT molecular complexity index is 570. The average molecular weight is 311 g/mol. The van der Waals surface area contributed by atoms with Crippen LogP contribution in [0.3, 0.4) is 0 Å². The molecule has 1 rings (SSSR count). The van der Waals surface area contributed by atoms with Crippen LogP contribution in [0.25, 0.3) is 0 Å². The molecule has 112 valence electrons. The van der Waals surface area contributed by atoms with E-state index in [9.17, 15) is 26.4 Å². The second-order valence-electron chi connectivity index (χ2n) is 3.91. The zero-order valence-corrected chi connectivity index (χ0v) is 11.0. The van der Waals surface area contributed by atoms with Crippen molar-refractivity contribution < 1.29 is 26.4 Å². The molecule has 6 nitrogen and oxygen atoms in total. The lowest BCUT2D eigenvalue weighted by Gasteiger charge is -2.07. The summed E-state index contributed by atoms with van der Waals surface area (Å²) in [6.07, 6.45) is -3.65. The lowest BCUT2D eigenvalue weighted by atomic mass is 10.2. The molecule has 1 heterocycles. The van der Waals surface area contributed by atoms with Gasteiger partial charge in [0, 0.05) is 12.7 Å². The van der Waals surface area contributed by atoms with Crippen molar-refractivity contribution in [3.8, 4) is 0 Å². The van der Waals surface area contributed by atoms with Crippen LogP contribution < -0.4 is 10.5 Å². The second-order valence-corrected chi connectivity index (χ2v) is 5.64. The van der Waals surface area contributed by atoms with Crippen molar-refractivity contribution in [1.29, 1.82) is 0 Å². The van der Waals surface area contributed by atoms with E-state index < -0.39 is 27.8 Å². The van der Waals surface area contributed by atoms with Crippen LogP contribution in [-0.4, -0.2) is 31.6 Å². The van der Waals surface area contributed by atoms with Crippen LogP contribution in [0.4, 0.5) is 13.2 Å². The number of hydrogen-bond donors (Lipinski definition) is 2. The Hall–Kier alpha value is -1.68. The zero-order chi connectivity index (χ0) is 15.4. The molecule has 0 aliphatic rings. The van der Waals surface area contributed by atoms with E-state index in [0.29, 0.717) is 6.07 Å². The fourth-order valence-corrected chi connectivity index (χ4v) is 1.82. The first-order valence-electron chi connectivity index (χ1n) is 5.41.